The standard InChI is InChI=1S/C18H18Cl3N5O.C17H16Cl3N5O.H2O4S/c1-3-14-17(21)18(24-10-23-14)22-6-7-27-16-9-15(26(2)25-16)12-5-4-11(19)8-13(12)20;1-2-13-16(20)17(23-9-22-13)21-5-6-26-15-8-14(24-25-15)11-4-3-10(18)7-12(11)19;1-5(2,3)4/h4-5,8-10H,3,6-7H2,1-2H3,(H,22,23,24);3-4,7-9H,2,5-6H2,1H3,(H,24,25)(H,21,22,23);(H2,1,2,3,4). The average Bonchev–Trinajstić information content (AvgIpc) is 3.78. The van der Waals surface area contributed by atoms with Crippen LogP contribution in [0.2, 0.25) is 30.1 Å². The van der Waals surface area contributed by atoms with E-state index in [2.05, 4.69) is 45.9 Å². The first-order valence-electron chi connectivity index (χ1n) is 17.0. The summed E-state index contributed by atoms with van der Waals surface area (Å²) in [5.74, 6) is 2.17. The number of nitrogens with zero attached hydrogens (tertiary/aromatic N) is 7. The van der Waals surface area contributed by atoms with Gasteiger partial charge in [-0.3, -0.25) is 18.9 Å². The lowest BCUT2D eigenvalue weighted by Crippen LogP contribution is -2.13. The largest absolute Gasteiger partial charge is 0.475 e. The molecule has 0 saturated carbocycles. The van der Waals surface area contributed by atoms with Crippen LogP contribution in [0, 0.1) is 0 Å². The van der Waals surface area contributed by atoms with Gasteiger partial charge >= 0.3 is 10.4 Å². The molecule has 4 heterocycles. The Balaban J connectivity index is 0.000000230. The van der Waals surface area contributed by atoms with Crippen LogP contribution in [0.15, 0.2) is 61.2 Å². The van der Waals surface area contributed by atoms with Gasteiger partial charge in [-0.25, -0.2) is 19.9 Å². The zero-order valence-corrected chi connectivity index (χ0v) is 36.2. The van der Waals surface area contributed by atoms with Crippen LogP contribution in [-0.4, -0.2) is 83.7 Å². The maximum atomic E-state index is 8.74. The summed E-state index contributed by atoms with van der Waals surface area (Å²) in [7, 11) is -2.84. The normalized spacial score (nSPS) is 10.9. The molecule has 2 aromatic carbocycles. The van der Waals surface area contributed by atoms with E-state index in [1.807, 2.05) is 39.1 Å². The maximum absolute atomic E-state index is 8.74. The minimum absolute atomic E-state index is 0.389. The van der Waals surface area contributed by atoms with Gasteiger partial charge in [0.2, 0.25) is 11.8 Å². The molecule has 58 heavy (non-hydrogen) atoms. The number of benzene rings is 2. The van der Waals surface area contributed by atoms with E-state index in [1.165, 1.54) is 12.7 Å². The summed E-state index contributed by atoms with van der Waals surface area (Å²) in [4.78, 5) is 16.6. The van der Waals surface area contributed by atoms with Gasteiger partial charge in [-0.2, -0.15) is 8.42 Å². The van der Waals surface area contributed by atoms with Crippen LogP contribution in [0.3, 0.4) is 0 Å². The molecule has 0 unspecified atom stereocenters. The van der Waals surface area contributed by atoms with Crippen molar-refractivity contribution in [2.24, 2.45) is 7.05 Å². The van der Waals surface area contributed by atoms with Crippen LogP contribution in [-0.2, 0) is 30.3 Å². The van der Waals surface area contributed by atoms with Crippen molar-refractivity contribution in [3.8, 4) is 34.3 Å². The Hall–Kier alpha value is -4.17. The molecular weight excluding hydrogens is 901 g/mol. The molecule has 310 valence electrons. The highest BCUT2D eigenvalue weighted by atomic mass is 35.5. The predicted octanol–water partition coefficient (Wildman–Crippen LogP) is 9.12. The zero-order chi connectivity index (χ0) is 42.4. The molecule has 23 heteroatoms. The number of anilines is 2. The number of halogens is 6. The number of H-pyrrole nitrogens is 1. The van der Waals surface area contributed by atoms with Gasteiger partial charge in [-0.1, -0.05) is 83.5 Å². The van der Waals surface area contributed by atoms with Crippen LogP contribution < -0.4 is 20.1 Å². The van der Waals surface area contributed by atoms with Gasteiger partial charge in [0.25, 0.3) is 0 Å². The van der Waals surface area contributed by atoms with Crippen molar-refractivity contribution in [2.45, 2.75) is 26.7 Å². The fraction of sp³-hybridized carbons (Fsp3) is 0.257. The molecule has 0 aliphatic heterocycles. The topological polar surface area (TPSA) is 215 Å². The predicted molar refractivity (Wildman–Crippen MR) is 228 cm³/mol. The molecule has 0 spiro atoms. The molecular formula is C35H36Cl6N10O6S. The first-order valence-corrected chi connectivity index (χ1v) is 20.7. The Bertz CT molecular complexity index is 2400. The summed E-state index contributed by atoms with van der Waals surface area (Å²) >= 11 is 36.8. The number of aromatic amines is 1. The summed E-state index contributed by atoms with van der Waals surface area (Å²) < 4.78 is 44.6. The second-order valence-electron chi connectivity index (χ2n) is 11.5. The van der Waals surface area contributed by atoms with Crippen molar-refractivity contribution in [1.29, 1.82) is 0 Å². The number of hydrogen-bond donors (Lipinski definition) is 5. The summed E-state index contributed by atoms with van der Waals surface area (Å²) in [5.41, 5.74) is 4.85. The minimum Gasteiger partial charge on any atom is -0.475 e. The first-order chi connectivity index (χ1) is 27.6. The number of rotatable bonds is 14. The molecule has 0 bridgehead atoms. The molecule has 0 fully saturated rings. The van der Waals surface area contributed by atoms with Crippen LogP contribution in [0.4, 0.5) is 11.6 Å². The molecule has 5 N–H and O–H groups in total. The van der Waals surface area contributed by atoms with E-state index < -0.39 is 10.4 Å². The fourth-order valence-corrected chi connectivity index (χ4v) is 6.50. The van der Waals surface area contributed by atoms with E-state index >= 15 is 0 Å². The van der Waals surface area contributed by atoms with Crippen LogP contribution in [0.5, 0.6) is 11.8 Å². The van der Waals surface area contributed by atoms with E-state index in [1.54, 1.807) is 35.0 Å². The molecule has 0 amide bonds. The molecule has 0 aliphatic carbocycles. The molecule has 0 atom stereocenters. The van der Waals surface area contributed by atoms with Crippen LogP contribution in [0.25, 0.3) is 22.5 Å². The quantitative estimate of drug-likeness (QED) is 0.0509. The van der Waals surface area contributed by atoms with Crippen LogP contribution >= 0.6 is 69.6 Å². The first kappa shape index (κ1) is 46.5. The fourth-order valence-electron chi connectivity index (χ4n) is 4.89. The summed E-state index contributed by atoms with van der Waals surface area (Å²) in [6.45, 7) is 5.81. The minimum atomic E-state index is -4.67. The number of hydrogen-bond acceptors (Lipinski definition) is 12. The van der Waals surface area contributed by atoms with Crippen molar-refractivity contribution >= 4 is 91.6 Å². The molecule has 0 radical (unpaired) electrons. The third-order valence-corrected chi connectivity index (χ3v) is 9.41. The molecule has 6 rings (SSSR count). The lowest BCUT2D eigenvalue weighted by atomic mass is 10.1. The van der Waals surface area contributed by atoms with E-state index in [4.69, 9.17) is 96.6 Å². The molecule has 16 nitrogen and oxygen atoms in total. The maximum Gasteiger partial charge on any atom is 0.394 e. The van der Waals surface area contributed by atoms with Gasteiger partial charge in [0.05, 0.1) is 45.9 Å². The van der Waals surface area contributed by atoms with Crippen molar-refractivity contribution in [1.82, 2.24) is 39.9 Å². The number of aryl methyl sites for hydroxylation is 3. The highest BCUT2D eigenvalue weighted by molar-refractivity contribution is 7.79. The monoisotopic (exact) mass is 934 g/mol. The Kier molecular flexibility index (Phi) is 17.9. The highest BCUT2D eigenvalue weighted by Gasteiger charge is 2.13. The van der Waals surface area contributed by atoms with E-state index in [0.717, 1.165) is 46.7 Å². The molecule has 0 aliphatic rings. The second kappa shape index (κ2) is 22.3. The van der Waals surface area contributed by atoms with Gasteiger partial charge in [0, 0.05) is 40.4 Å². The van der Waals surface area contributed by atoms with E-state index in [-0.39, 0.29) is 0 Å². The average molecular weight is 938 g/mol. The van der Waals surface area contributed by atoms with Crippen molar-refractivity contribution in [3.63, 3.8) is 0 Å². The van der Waals surface area contributed by atoms with Gasteiger partial charge < -0.3 is 20.1 Å². The summed E-state index contributed by atoms with van der Waals surface area (Å²) in [6, 6.07) is 14.2. The summed E-state index contributed by atoms with van der Waals surface area (Å²) in [6.07, 6.45) is 4.48. The molecule has 6 aromatic rings. The Labute approximate surface area is 364 Å². The van der Waals surface area contributed by atoms with Gasteiger partial charge in [0.1, 0.15) is 47.5 Å². The summed E-state index contributed by atoms with van der Waals surface area (Å²) in [5, 5.41) is 21.0. The Morgan fingerprint density at radius 1 is 0.707 bits per heavy atom. The third-order valence-electron chi connectivity index (χ3n) is 7.52. The zero-order valence-electron chi connectivity index (χ0n) is 30.9. The van der Waals surface area contributed by atoms with E-state index in [0.29, 0.717) is 79.8 Å². The Morgan fingerprint density at radius 3 is 1.67 bits per heavy atom. The lowest BCUT2D eigenvalue weighted by molar-refractivity contribution is 0.316. The van der Waals surface area contributed by atoms with Gasteiger partial charge in [-0.15, -0.1) is 10.2 Å². The van der Waals surface area contributed by atoms with Crippen molar-refractivity contribution in [3.05, 3.63) is 103 Å². The van der Waals surface area contributed by atoms with Crippen molar-refractivity contribution < 1.29 is 27.0 Å². The smallest absolute Gasteiger partial charge is 0.394 e. The Morgan fingerprint density at radius 2 is 1.19 bits per heavy atom. The third kappa shape index (κ3) is 14.3. The number of aromatic nitrogens is 8. The van der Waals surface area contributed by atoms with Crippen molar-refractivity contribution in [2.75, 3.05) is 36.9 Å². The number of nitrogens with one attached hydrogen (secondary N) is 3. The highest BCUT2D eigenvalue weighted by Crippen LogP contribution is 2.33. The van der Waals surface area contributed by atoms with E-state index in [9.17, 15) is 0 Å². The van der Waals surface area contributed by atoms with Crippen LogP contribution in [0.1, 0.15) is 25.2 Å². The molecule has 0 saturated heterocycles. The SMILES string of the molecule is CCc1ncnc(NCCOc2cc(-c3ccc(Cl)cc3Cl)[nH]n2)c1Cl.CCc1ncnc(NCCOc2cc(-c3ccc(Cl)cc3Cl)n(C)n2)c1Cl.O=S(=O)(O)O. The second-order valence-corrected chi connectivity index (χ2v) is 14.9. The molecule has 4 aromatic heterocycles. The lowest BCUT2D eigenvalue weighted by Gasteiger charge is -2.09. The van der Waals surface area contributed by atoms with Gasteiger partial charge in [0.15, 0.2) is 0 Å². The number of ether oxygens (including phenoxy) is 2. The van der Waals surface area contributed by atoms with Gasteiger partial charge in [-0.05, 0) is 49.2 Å².